The molecule has 0 N–H and O–H groups in total. The number of para-hydroxylation sites is 1. The first-order valence-corrected chi connectivity index (χ1v) is 8.50. The maximum absolute atomic E-state index is 13.6. The van der Waals surface area contributed by atoms with E-state index in [0.717, 1.165) is 5.56 Å². The van der Waals surface area contributed by atoms with Crippen LogP contribution in [-0.4, -0.2) is 10.2 Å². The smallest absolute Gasteiger partial charge is 0.277 e. The molecule has 0 aliphatic carbocycles. The molecule has 1 atom stereocenters. The van der Waals surface area contributed by atoms with E-state index in [1.165, 1.54) is 17.8 Å². The molecule has 5 nitrogen and oxygen atoms in total. The first-order valence-electron chi connectivity index (χ1n) is 7.52. The predicted octanol–water partition coefficient (Wildman–Crippen LogP) is 4.51. The Kier molecular flexibility index (Phi) is 5.31. The number of thioether (sulfide) groups is 1. The summed E-state index contributed by atoms with van der Waals surface area (Å²) >= 11 is 1.36. The summed E-state index contributed by atoms with van der Waals surface area (Å²) in [5, 5.41) is 17.2. The van der Waals surface area contributed by atoms with E-state index in [1.54, 1.807) is 31.2 Å². The topological polar surface area (TPSA) is 71.9 Å². The van der Waals surface area contributed by atoms with Crippen LogP contribution in [0.25, 0.3) is 0 Å². The third-order valence-corrected chi connectivity index (χ3v) is 4.22. The van der Waals surface area contributed by atoms with Crippen LogP contribution in [0, 0.1) is 17.1 Å². The highest BCUT2D eigenvalue weighted by Gasteiger charge is 2.17. The zero-order valence-electron chi connectivity index (χ0n) is 13.3. The van der Waals surface area contributed by atoms with Crippen LogP contribution in [-0.2, 0) is 5.75 Å². The number of rotatable bonds is 6. The van der Waals surface area contributed by atoms with Crippen molar-refractivity contribution in [3.63, 3.8) is 0 Å². The van der Waals surface area contributed by atoms with Crippen molar-refractivity contribution in [3.05, 3.63) is 71.4 Å². The molecular weight excluding hydrogens is 341 g/mol. The van der Waals surface area contributed by atoms with Gasteiger partial charge in [0.15, 0.2) is 17.7 Å². The minimum Gasteiger partial charge on any atom is -0.478 e. The summed E-state index contributed by atoms with van der Waals surface area (Å²) in [5.41, 5.74) is 1.59. The molecule has 0 radical (unpaired) electrons. The standard InChI is InChI=1S/C18H14FN3O2S/c1-12(23-16-8-3-2-7-15(16)19)17-21-22-18(24-17)25-11-14-6-4-5-13(9-14)10-20/h2-9,12H,11H2,1H3/t12-/m0/s1. The van der Waals surface area contributed by atoms with Gasteiger partial charge in [0, 0.05) is 5.75 Å². The maximum Gasteiger partial charge on any atom is 0.277 e. The van der Waals surface area contributed by atoms with Gasteiger partial charge in [-0.05, 0) is 36.8 Å². The summed E-state index contributed by atoms with van der Waals surface area (Å²) in [7, 11) is 0. The molecule has 7 heteroatoms. The van der Waals surface area contributed by atoms with Crippen LogP contribution in [0.3, 0.4) is 0 Å². The van der Waals surface area contributed by atoms with Crippen molar-refractivity contribution in [2.45, 2.75) is 24.0 Å². The fourth-order valence-electron chi connectivity index (χ4n) is 2.10. The van der Waals surface area contributed by atoms with Gasteiger partial charge < -0.3 is 9.15 Å². The van der Waals surface area contributed by atoms with Gasteiger partial charge in [0.2, 0.25) is 0 Å². The van der Waals surface area contributed by atoms with E-state index in [4.69, 9.17) is 14.4 Å². The number of ether oxygens (including phenoxy) is 1. The Morgan fingerprint density at radius 3 is 2.88 bits per heavy atom. The molecule has 0 aliphatic rings. The highest BCUT2D eigenvalue weighted by molar-refractivity contribution is 7.98. The molecule has 0 fully saturated rings. The van der Waals surface area contributed by atoms with Gasteiger partial charge in [0.25, 0.3) is 11.1 Å². The SMILES string of the molecule is C[C@H](Oc1ccccc1F)c1nnc(SCc2cccc(C#N)c2)o1. The molecule has 2 aromatic carbocycles. The zero-order chi connectivity index (χ0) is 17.6. The molecule has 25 heavy (non-hydrogen) atoms. The molecule has 1 heterocycles. The summed E-state index contributed by atoms with van der Waals surface area (Å²) in [4.78, 5) is 0. The normalized spacial score (nSPS) is 11.7. The van der Waals surface area contributed by atoms with Crippen LogP contribution in [0.5, 0.6) is 5.75 Å². The van der Waals surface area contributed by atoms with Crippen LogP contribution < -0.4 is 4.74 Å². The first-order chi connectivity index (χ1) is 12.2. The molecule has 0 unspecified atom stereocenters. The van der Waals surface area contributed by atoms with Gasteiger partial charge in [0.1, 0.15) is 0 Å². The molecule has 3 aromatic rings. The number of benzene rings is 2. The monoisotopic (exact) mass is 355 g/mol. The second kappa shape index (κ2) is 7.81. The Morgan fingerprint density at radius 2 is 2.08 bits per heavy atom. The Balaban J connectivity index is 1.62. The van der Waals surface area contributed by atoms with Gasteiger partial charge in [-0.25, -0.2) is 4.39 Å². The van der Waals surface area contributed by atoms with E-state index in [2.05, 4.69) is 16.3 Å². The maximum atomic E-state index is 13.6. The fraction of sp³-hybridized carbons (Fsp3) is 0.167. The van der Waals surface area contributed by atoms with Crippen molar-refractivity contribution < 1.29 is 13.5 Å². The number of halogens is 1. The van der Waals surface area contributed by atoms with Crippen molar-refractivity contribution in [3.8, 4) is 11.8 Å². The van der Waals surface area contributed by atoms with E-state index in [1.807, 2.05) is 18.2 Å². The number of aromatic nitrogens is 2. The lowest BCUT2D eigenvalue weighted by Crippen LogP contribution is -2.04. The molecule has 0 amide bonds. The summed E-state index contributed by atoms with van der Waals surface area (Å²) in [6, 6.07) is 15.6. The van der Waals surface area contributed by atoms with Gasteiger partial charge in [-0.1, -0.05) is 36.0 Å². The average molecular weight is 355 g/mol. The van der Waals surface area contributed by atoms with E-state index >= 15 is 0 Å². The predicted molar refractivity (Wildman–Crippen MR) is 90.5 cm³/mol. The summed E-state index contributed by atoms with van der Waals surface area (Å²) < 4.78 is 24.7. The summed E-state index contributed by atoms with van der Waals surface area (Å²) in [5.74, 6) is 0.563. The van der Waals surface area contributed by atoms with Crippen LogP contribution in [0.15, 0.2) is 58.2 Å². The largest absolute Gasteiger partial charge is 0.478 e. The van der Waals surface area contributed by atoms with E-state index in [-0.39, 0.29) is 11.6 Å². The number of nitriles is 1. The molecule has 0 bridgehead atoms. The molecule has 0 spiro atoms. The third-order valence-electron chi connectivity index (χ3n) is 3.33. The van der Waals surface area contributed by atoms with Crippen molar-refractivity contribution in [1.29, 1.82) is 5.26 Å². The lowest BCUT2D eigenvalue weighted by atomic mass is 10.2. The highest BCUT2D eigenvalue weighted by atomic mass is 32.2. The van der Waals surface area contributed by atoms with Crippen molar-refractivity contribution in [1.82, 2.24) is 10.2 Å². The number of nitrogens with zero attached hydrogens (tertiary/aromatic N) is 3. The minimum atomic E-state index is -0.569. The van der Waals surface area contributed by atoms with Gasteiger partial charge in [-0.15, -0.1) is 10.2 Å². The van der Waals surface area contributed by atoms with Crippen LogP contribution in [0.1, 0.15) is 30.0 Å². The fourth-order valence-corrected chi connectivity index (χ4v) is 2.81. The van der Waals surface area contributed by atoms with Gasteiger partial charge >= 0.3 is 0 Å². The summed E-state index contributed by atoms with van der Waals surface area (Å²) in [6.07, 6.45) is -0.569. The second-order valence-corrected chi connectivity index (χ2v) is 6.12. The van der Waals surface area contributed by atoms with E-state index in [0.29, 0.717) is 16.5 Å². The molecule has 0 aliphatic heterocycles. The summed E-state index contributed by atoms with van der Waals surface area (Å²) in [6.45, 7) is 1.71. The lowest BCUT2D eigenvalue weighted by molar-refractivity contribution is 0.174. The molecule has 1 aromatic heterocycles. The Hall–Kier alpha value is -2.85. The lowest BCUT2D eigenvalue weighted by Gasteiger charge is -2.11. The second-order valence-electron chi connectivity index (χ2n) is 5.20. The van der Waals surface area contributed by atoms with E-state index < -0.39 is 11.9 Å². The number of hydrogen-bond acceptors (Lipinski definition) is 6. The Morgan fingerprint density at radius 1 is 1.24 bits per heavy atom. The Labute approximate surface area is 148 Å². The Bertz CT molecular complexity index is 907. The van der Waals surface area contributed by atoms with Crippen molar-refractivity contribution in [2.75, 3.05) is 0 Å². The molecular formula is C18H14FN3O2S. The average Bonchev–Trinajstić information content (AvgIpc) is 3.11. The van der Waals surface area contributed by atoms with Gasteiger partial charge in [-0.3, -0.25) is 0 Å². The van der Waals surface area contributed by atoms with Crippen molar-refractivity contribution >= 4 is 11.8 Å². The highest BCUT2D eigenvalue weighted by Crippen LogP contribution is 2.27. The molecule has 126 valence electrons. The molecule has 3 rings (SSSR count). The van der Waals surface area contributed by atoms with Gasteiger partial charge in [-0.2, -0.15) is 5.26 Å². The van der Waals surface area contributed by atoms with Crippen LogP contribution in [0.4, 0.5) is 4.39 Å². The first kappa shape index (κ1) is 17.0. The molecule has 0 saturated carbocycles. The number of hydrogen-bond donors (Lipinski definition) is 0. The van der Waals surface area contributed by atoms with Crippen molar-refractivity contribution in [2.24, 2.45) is 0 Å². The van der Waals surface area contributed by atoms with Gasteiger partial charge in [0.05, 0.1) is 11.6 Å². The van der Waals surface area contributed by atoms with E-state index in [9.17, 15) is 4.39 Å². The third kappa shape index (κ3) is 4.37. The quantitative estimate of drug-likeness (QED) is 0.606. The van der Waals surface area contributed by atoms with Crippen LogP contribution >= 0.6 is 11.8 Å². The zero-order valence-corrected chi connectivity index (χ0v) is 14.2. The molecule has 0 saturated heterocycles. The minimum absolute atomic E-state index is 0.135. The van der Waals surface area contributed by atoms with Crippen LogP contribution in [0.2, 0.25) is 0 Å².